The van der Waals surface area contributed by atoms with Crippen LogP contribution in [0.5, 0.6) is 0 Å². The molecule has 0 aliphatic heterocycles. The fraction of sp³-hybridized carbons (Fsp3) is 0.412. The number of H-pyrrole nitrogens is 1. The zero-order valence-electron chi connectivity index (χ0n) is 13.2. The van der Waals surface area contributed by atoms with Crippen LogP contribution in [0.4, 0.5) is 0 Å². The van der Waals surface area contributed by atoms with Crippen molar-refractivity contribution in [2.24, 2.45) is 5.92 Å². The Morgan fingerprint density at radius 1 is 1.36 bits per heavy atom. The van der Waals surface area contributed by atoms with Gasteiger partial charge in [-0.15, -0.1) is 0 Å². The third-order valence-electron chi connectivity index (χ3n) is 3.93. The van der Waals surface area contributed by atoms with Crippen LogP contribution in [-0.4, -0.2) is 40.5 Å². The number of nitrogens with one attached hydrogen (secondary N) is 1. The number of carboxylic acids is 1. The van der Waals surface area contributed by atoms with E-state index in [4.69, 9.17) is 5.11 Å². The molecule has 5 heteroatoms. The fourth-order valence-corrected chi connectivity index (χ4v) is 2.52. The summed E-state index contributed by atoms with van der Waals surface area (Å²) in [6.45, 7) is 3.89. The Morgan fingerprint density at radius 2 is 2.09 bits per heavy atom. The van der Waals surface area contributed by atoms with Crippen LogP contribution in [0.15, 0.2) is 24.4 Å². The van der Waals surface area contributed by atoms with Gasteiger partial charge in [0.15, 0.2) is 0 Å². The summed E-state index contributed by atoms with van der Waals surface area (Å²) < 4.78 is 0. The van der Waals surface area contributed by atoms with Crippen molar-refractivity contribution in [2.75, 3.05) is 13.6 Å². The van der Waals surface area contributed by atoms with Gasteiger partial charge in [0, 0.05) is 37.1 Å². The molecule has 1 amide bonds. The number of rotatable bonds is 6. The highest BCUT2D eigenvalue weighted by Gasteiger charge is 2.17. The maximum Gasteiger partial charge on any atom is 0.308 e. The first-order chi connectivity index (χ1) is 10.4. The molecule has 1 aromatic heterocycles. The van der Waals surface area contributed by atoms with Crippen molar-refractivity contribution in [1.29, 1.82) is 0 Å². The third kappa shape index (κ3) is 3.67. The molecule has 2 N–H and O–H groups in total. The van der Waals surface area contributed by atoms with Gasteiger partial charge in [-0.1, -0.05) is 18.6 Å². The number of carbonyl (C=O) groups excluding carboxylic acids is 1. The lowest BCUT2D eigenvalue weighted by Crippen LogP contribution is -2.33. The van der Waals surface area contributed by atoms with E-state index in [1.807, 2.05) is 19.2 Å². The van der Waals surface area contributed by atoms with Gasteiger partial charge in [-0.25, -0.2) is 0 Å². The molecule has 0 saturated carbocycles. The molecule has 5 nitrogen and oxygen atoms in total. The zero-order chi connectivity index (χ0) is 16.3. The van der Waals surface area contributed by atoms with Gasteiger partial charge in [0.2, 0.25) is 5.91 Å². The monoisotopic (exact) mass is 302 g/mol. The Labute approximate surface area is 129 Å². The highest BCUT2D eigenvalue weighted by Crippen LogP contribution is 2.21. The minimum absolute atomic E-state index is 0.0323. The Bertz CT molecular complexity index is 690. The van der Waals surface area contributed by atoms with E-state index in [-0.39, 0.29) is 12.5 Å². The van der Waals surface area contributed by atoms with Crippen molar-refractivity contribution in [1.82, 2.24) is 9.88 Å². The first kappa shape index (κ1) is 16.1. The number of carbonyl (C=O) groups is 2. The van der Waals surface area contributed by atoms with E-state index >= 15 is 0 Å². The second kappa shape index (κ2) is 6.64. The molecule has 1 atom stereocenters. The number of amides is 1. The topological polar surface area (TPSA) is 73.4 Å². The van der Waals surface area contributed by atoms with Gasteiger partial charge in [0.1, 0.15) is 0 Å². The summed E-state index contributed by atoms with van der Waals surface area (Å²) >= 11 is 0. The van der Waals surface area contributed by atoms with Crippen LogP contribution >= 0.6 is 0 Å². The Kier molecular flexibility index (Phi) is 4.85. The highest BCUT2D eigenvalue weighted by atomic mass is 16.4. The number of hydrogen-bond acceptors (Lipinski definition) is 2. The van der Waals surface area contributed by atoms with Crippen LogP contribution in [0.25, 0.3) is 10.9 Å². The third-order valence-corrected chi connectivity index (χ3v) is 3.93. The summed E-state index contributed by atoms with van der Waals surface area (Å²) in [5.41, 5.74) is 3.37. The van der Waals surface area contributed by atoms with Crippen LogP contribution in [0.3, 0.4) is 0 Å². The molecular weight excluding hydrogens is 280 g/mol. The maximum atomic E-state index is 12.1. The van der Waals surface area contributed by atoms with Gasteiger partial charge >= 0.3 is 5.97 Å². The van der Waals surface area contributed by atoms with Crippen LogP contribution < -0.4 is 0 Å². The molecule has 1 aromatic carbocycles. The van der Waals surface area contributed by atoms with Gasteiger partial charge in [-0.2, -0.15) is 0 Å². The molecule has 0 fully saturated rings. The number of benzene rings is 1. The molecule has 0 aliphatic rings. The summed E-state index contributed by atoms with van der Waals surface area (Å²) in [5.74, 6) is -1.47. The quantitative estimate of drug-likeness (QED) is 0.861. The van der Waals surface area contributed by atoms with E-state index in [1.54, 1.807) is 14.0 Å². The number of aryl methyl sites for hydroxylation is 2. The fourth-order valence-electron chi connectivity index (χ4n) is 2.52. The van der Waals surface area contributed by atoms with Crippen molar-refractivity contribution < 1.29 is 14.7 Å². The second-order valence-electron chi connectivity index (χ2n) is 5.88. The molecule has 0 bridgehead atoms. The lowest BCUT2D eigenvalue weighted by Gasteiger charge is -2.19. The molecule has 0 aliphatic carbocycles. The summed E-state index contributed by atoms with van der Waals surface area (Å²) in [6.07, 6.45) is 2.97. The number of aromatic nitrogens is 1. The minimum atomic E-state index is -0.883. The molecule has 1 heterocycles. The number of hydrogen-bond donors (Lipinski definition) is 2. The average Bonchev–Trinajstić information content (AvgIpc) is 2.86. The molecule has 2 rings (SSSR count). The number of aliphatic carboxylic acids is 1. The number of carboxylic acid groups (broad SMARTS) is 1. The van der Waals surface area contributed by atoms with E-state index in [0.29, 0.717) is 12.8 Å². The molecule has 0 spiro atoms. The summed E-state index contributed by atoms with van der Waals surface area (Å²) in [4.78, 5) is 27.7. The molecular formula is C17H22N2O3. The molecule has 22 heavy (non-hydrogen) atoms. The average molecular weight is 302 g/mol. The summed E-state index contributed by atoms with van der Waals surface area (Å²) in [6, 6.07) is 6.20. The normalized spacial score (nSPS) is 12.3. The van der Waals surface area contributed by atoms with E-state index < -0.39 is 11.9 Å². The second-order valence-corrected chi connectivity index (χ2v) is 5.88. The smallest absolute Gasteiger partial charge is 0.308 e. The molecule has 0 radical (unpaired) electrons. The van der Waals surface area contributed by atoms with Gasteiger partial charge < -0.3 is 15.0 Å². The first-order valence-electron chi connectivity index (χ1n) is 7.42. The van der Waals surface area contributed by atoms with Crippen LogP contribution in [-0.2, 0) is 16.0 Å². The van der Waals surface area contributed by atoms with Crippen molar-refractivity contribution in [3.05, 3.63) is 35.5 Å². The van der Waals surface area contributed by atoms with Crippen LogP contribution in [0.1, 0.15) is 24.5 Å². The van der Waals surface area contributed by atoms with Gasteiger partial charge in [-0.05, 0) is 31.0 Å². The lowest BCUT2D eigenvalue weighted by atomic mass is 10.1. The SMILES string of the molecule is Cc1ccc2[nH]cc(CCC(=O)N(C)CC(C)C(=O)O)c2c1. The van der Waals surface area contributed by atoms with Crippen molar-refractivity contribution >= 4 is 22.8 Å². The lowest BCUT2D eigenvalue weighted by molar-refractivity contribution is -0.142. The standard InChI is InChI=1S/C17H22N2O3/c1-11-4-6-15-14(8-11)13(9-18-15)5-7-16(20)19(3)10-12(2)17(21)22/h4,6,8-9,12,18H,5,7,10H2,1-3H3,(H,21,22). The summed E-state index contributed by atoms with van der Waals surface area (Å²) in [7, 11) is 1.65. The van der Waals surface area contributed by atoms with E-state index in [2.05, 4.69) is 17.1 Å². The highest BCUT2D eigenvalue weighted by molar-refractivity contribution is 5.85. The first-order valence-corrected chi connectivity index (χ1v) is 7.42. The Hall–Kier alpha value is -2.30. The molecule has 1 unspecified atom stereocenters. The molecule has 2 aromatic rings. The van der Waals surface area contributed by atoms with Gasteiger partial charge in [0.25, 0.3) is 0 Å². The van der Waals surface area contributed by atoms with E-state index in [0.717, 1.165) is 16.5 Å². The maximum absolute atomic E-state index is 12.1. The van der Waals surface area contributed by atoms with Crippen molar-refractivity contribution in [3.8, 4) is 0 Å². The Morgan fingerprint density at radius 3 is 2.77 bits per heavy atom. The van der Waals surface area contributed by atoms with Gasteiger partial charge in [-0.3, -0.25) is 9.59 Å². The van der Waals surface area contributed by atoms with E-state index in [1.165, 1.54) is 10.5 Å². The molecule has 118 valence electrons. The Balaban J connectivity index is 1.98. The largest absolute Gasteiger partial charge is 0.481 e. The zero-order valence-corrected chi connectivity index (χ0v) is 13.2. The van der Waals surface area contributed by atoms with Crippen LogP contribution in [0.2, 0.25) is 0 Å². The number of aromatic amines is 1. The summed E-state index contributed by atoms with van der Waals surface area (Å²) in [5, 5.41) is 10.0. The molecule has 0 saturated heterocycles. The predicted molar refractivity (Wildman–Crippen MR) is 85.8 cm³/mol. The number of fused-ring (bicyclic) bond motifs is 1. The minimum Gasteiger partial charge on any atom is -0.481 e. The van der Waals surface area contributed by atoms with Crippen molar-refractivity contribution in [3.63, 3.8) is 0 Å². The van der Waals surface area contributed by atoms with Gasteiger partial charge in [0.05, 0.1) is 5.92 Å². The number of nitrogens with zero attached hydrogens (tertiary/aromatic N) is 1. The predicted octanol–water partition coefficient (Wildman–Crippen LogP) is 2.59. The van der Waals surface area contributed by atoms with Crippen molar-refractivity contribution in [2.45, 2.75) is 26.7 Å². The van der Waals surface area contributed by atoms with E-state index in [9.17, 15) is 9.59 Å². The van der Waals surface area contributed by atoms with Crippen LogP contribution in [0, 0.1) is 12.8 Å².